The number of nitrogens with one attached hydrogen (secondary N) is 1. The van der Waals surface area contributed by atoms with Crippen molar-refractivity contribution in [1.82, 2.24) is 14.6 Å². The van der Waals surface area contributed by atoms with Gasteiger partial charge in [0.2, 0.25) is 0 Å². The smallest absolute Gasteiger partial charge is 0.349 e. The van der Waals surface area contributed by atoms with E-state index in [-0.39, 0.29) is 11.1 Å². The molecule has 0 bridgehead atoms. The lowest BCUT2D eigenvalue weighted by atomic mass is 9.74. The first kappa shape index (κ1) is 21.2. The molecular weight excluding hydrogens is 453 g/mol. The summed E-state index contributed by atoms with van der Waals surface area (Å²) < 4.78 is 1.68. The highest BCUT2D eigenvalue weighted by atomic mass is 35.5. The largest absolute Gasteiger partial charge is 0.358 e. The topological polar surface area (TPSA) is 79.4 Å². The Labute approximate surface area is 195 Å². The number of aryl methyl sites for hydroxylation is 1. The molecule has 1 aromatic carbocycles. The van der Waals surface area contributed by atoms with Crippen LogP contribution in [0.15, 0.2) is 38.9 Å². The molecule has 31 heavy (non-hydrogen) atoms. The molecule has 0 amide bonds. The summed E-state index contributed by atoms with van der Waals surface area (Å²) in [5.74, 6) is 0.884. The SMILES string of the molecule is Cc1cc(N2CCC3(CCCC3N)CC2)n2c(=O)[nH]nc2c1Sc1cccc(Cl)c1Cl. The van der Waals surface area contributed by atoms with Gasteiger partial charge in [0.05, 0.1) is 14.9 Å². The molecule has 2 fully saturated rings. The van der Waals surface area contributed by atoms with Gasteiger partial charge in [0, 0.05) is 24.0 Å². The molecular formula is C22H25Cl2N5OS. The molecule has 3 N–H and O–H groups in total. The minimum Gasteiger partial charge on any atom is -0.358 e. The van der Waals surface area contributed by atoms with E-state index < -0.39 is 0 Å². The van der Waals surface area contributed by atoms with Crippen LogP contribution in [0.4, 0.5) is 5.82 Å². The van der Waals surface area contributed by atoms with Crippen LogP contribution in [0, 0.1) is 12.3 Å². The van der Waals surface area contributed by atoms with Crippen molar-refractivity contribution < 1.29 is 0 Å². The van der Waals surface area contributed by atoms with Crippen LogP contribution >= 0.6 is 35.0 Å². The zero-order chi connectivity index (χ0) is 21.8. The van der Waals surface area contributed by atoms with Gasteiger partial charge >= 0.3 is 5.69 Å². The van der Waals surface area contributed by atoms with Crippen LogP contribution in [0.2, 0.25) is 10.0 Å². The molecule has 1 saturated carbocycles. The summed E-state index contributed by atoms with van der Waals surface area (Å²) in [5, 5.41) is 7.98. The quantitative estimate of drug-likeness (QED) is 0.561. The van der Waals surface area contributed by atoms with Gasteiger partial charge in [-0.15, -0.1) is 0 Å². The fourth-order valence-electron chi connectivity index (χ4n) is 5.16. The zero-order valence-electron chi connectivity index (χ0n) is 17.3. The minimum absolute atomic E-state index is 0.234. The van der Waals surface area contributed by atoms with Crippen molar-refractivity contribution in [3.63, 3.8) is 0 Å². The summed E-state index contributed by atoms with van der Waals surface area (Å²) >= 11 is 14.1. The number of benzene rings is 1. The number of fused-ring (bicyclic) bond motifs is 1. The van der Waals surface area contributed by atoms with Gasteiger partial charge in [0.15, 0.2) is 5.65 Å². The molecule has 3 aromatic rings. The number of H-pyrrole nitrogens is 1. The average molecular weight is 478 g/mol. The summed E-state index contributed by atoms with van der Waals surface area (Å²) in [6.07, 6.45) is 5.70. The third-order valence-corrected chi connectivity index (χ3v) is 9.20. The first-order chi connectivity index (χ1) is 14.9. The van der Waals surface area contributed by atoms with Crippen LogP contribution in [-0.4, -0.2) is 33.7 Å². The summed E-state index contributed by atoms with van der Waals surface area (Å²) in [7, 11) is 0. The van der Waals surface area contributed by atoms with Gasteiger partial charge in [-0.3, -0.25) is 0 Å². The summed E-state index contributed by atoms with van der Waals surface area (Å²) in [6.45, 7) is 3.83. The van der Waals surface area contributed by atoms with E-state index in [4.69, 9.17) is 28.9 Å². The van der Waals surface area contributed by atoms with Crippen molar-refractivity contribution in [1.29, 1.82) is 0 Å². The number of halogens is 2. The molecule has 1 aliphatic heterocycles. The molecule has 5 rings (SSSR count). The molecule has 1 atom stereocenters. The third-order valence-electron chi connectivity index (χ3n) is 7.00. The van der Waals surface area contributed by atoms with E-state index in [9.17, 15) is 4.79 Å². The van der Waals surface area contributed by atoms with Crippen LogP contribution < -0.4 is 16.3 Å². The fourth-order valence-corrected chi connectivity index (χ4v) is 6.65. The van der Waals surface area contributed by atoms with Gasteiger partial charge in [-0.25, -0.2) is 14.3 Å². The van der Waals surface area contributed by atoms with Gasteiger partial charge in [0.1, 0.15) is 5.82 Å². The maximum atomic E-state index is 12.7. The highest BCUT2D eigenvalue weighted by Crippen LogP contribution is 2.46. The molecule has 164 valence electrons. The van der Waals surface area contributed by atoms with E-state index >= 15 is 0 Å². The van der Waals surface area contributed by atoms with Crippen molar-refractivity contribution in [3.8, 4) is 0 Å². The standard InChI is InChI=1S/C22H25Cl2N5OS/c1-13-12-17(28-10-8-22(9-11-28)7-3-6-16(22)25)29-20(26-27-21(29)30)19(13)31-15-5-2-4-14(23)18(15)24/h2,4-5,12,16H,3,6-11,25H2,1H3,(H,27,30). The zero-order valence-corrected chi connectivity index (χ0v) is 19.7. The highest BCUT2D eigenvalue weighted by molar-refractivity contribution is 7.99. The Bertz CT molecular complexity index is 1200. The predicted octanol–water partition coefficient (Wildman–Crippen LogP) is 4.89. The summed E-state index contributed by atoms with van der Waals surface area (Å²) in [4.78, 5) is 16.7. The fraction of sp³-hybridized carbons (Fsp3) is 0.455. The van der Waals surface area contributed by atoms with Gasteiger partial charge in [-0.2, -0.15) is 5.10 Å². The first-order valence-electron chi connectivity index (χ1n) is 10.6. The Morgan fingerprint density at radius 3 is 2.74 bits per heavy atom. The number of aromatic nitrogens is 3. The number of pyridine rings is 1. The van der Waals surface area contributed by atoms with Crippen LogP contribution in [0.3, 0.4) is 0 Å². The van der Waals surface area contributed by atoms with Crippen LogP contribution in [-0.2, 0) is 0 Å². The third kappa shape index (κ3) is 3.55. The molecule has 9 heteroatoms. The van der Waals surface area contributed by atoms with E-state index in [1.807, 2.05) is 19.1 Å². The first-order valence-corrected chi connectivity index (χ1v) is 12.2. The molecule has 2 aliphatic rings. The van der Waals surface area contributed by atoms with E-state index in [0.29, 0.717) is 21.7 Å². The summed E-state index contributed by atoms with van der Waals surface area (Å²) in [6, 6.07) is 7.93. The molecule has 3 heterocycles. The van der Waals surface area contributed by atoms with E-state index in [0.717, 1.165) is 53.5 Å². The number of piperidine rings is 1. The lowest BCUT2D eigenvalue weighted by Crippen LogP contribution is -2.47. The van der Waals surface area contributed by atoms with Gasteiger partial charge in [-0.1, -0.05) is 47.5 Å². The predicted molar refractivity (Wildman–Crippen MR) is 127 cm³/mol. The van der Waals surface area contributed by atoms with Crippen molar-refractivity contribution in [3.05, 3.63) is 50.4 Å². The number of nitrogens with two attached hydrogens (primary N) is 1. The number of aromatic amines is 1. The minimum atomic E-state index is -0.234. The average Bonchev–Trinajstić information content (AvgIpc) is 3.31. The van der Waals surface area contributed by atoms with Crippen LogP contribution in [0.1, 0.15) is 37.7 Å². The second-order valence-corrected chi connectivity index (χ2v) is 10.5. The maximum Gasteiger partial charge on any atom is 0.349 e. The lowest BCUT2D eigenvalue weighted by Gasteiger charge is -2.43. The molecule has 1 aliphatic carbocycles. The van der Waals surface area contributed by atoms with E-state index in [1.54, 1.807) is 10.5 Å². The second-order valence-electron chi connectivity index (χ2n) is 8.70. The lowest BCUT2D eigenvalue weighted by molar-refractivity contribution is 0.197. The number of hydrogen-bond acceptors (Lipinski definition) is 5. The number of rotatable bonds is 3. The second kappa shape index (κ2) is 8.03. The maximum absolute atomic E-state index is 12.7. The Kier molecular flexibility index (Phi) is 5.49. The van der Waals surface area contributed by atoms with Gasteiger partial charge in [-0.05, 0) is 61.8 Å². The van der Waals surface area contributed by atoms with Crippen molar-refractivity contribution in [2.45, 2.75) is 54.9 Å². The van der Waals surface area contributed by atoms with Crippen LogP contribution in [0.5, 0.6) is 0 Å². The van der Waals surface area contributed by atoms with Gasteiger partial charge < -0.3 is 10.6 Å². The molecule has 1 unspecified atom stereocenters. The monoisotopic (exact) mass is 477 g/mol. The van der Waals surface area contributed by atoms with Crippen molar-refractivity contribution in [2.24, 2.45) is 11.1 Å². The Morgan fingerprint density at radius 2 is 2.03 bits per heavy atom. The molecule has 0 radical (unpaired) electrons. The molecule has 1 saturated heterocycles. The Balaban J connectivity index is 1.52. The van der Waals surface area contributed by atoms with E-state index in [1.165, 1.54) is 24.6 Å². The summed E-state index contributed by atoms with van der Waals surface area (Å²) in [5.41, 5.74) is 8.14. The normalized spacial score (nSPS) is 20.8. The number of nitrogens with zero attached hydrogens (tertiary/aromatic N) is 3. The Hall–Kier alpha value is -1.67. The molecule has 1 spiro atoms. The Morgan fingerprint density at radius 1 is 1.26 bits per heavy atom. The van der Waals surface area contributed by atoms with Crippen molar-refractivity contribution >= 4 is 46.4 Å². The number of anilines is 1. The molecule has 2 aromatic heterocycles. The number of hydrogen-bond donors (Lipinski definition) is 2. The van der Waals surface area contributed by atoms with Crippen molar-refractivity contribution in [2.75, 3.05) is 18.0 Å². The van der Waals surface area contributed by atoms with E-state index in [2.05, 4.69) is 21.2 Å². The van der Waals surface area contributed by atoms with Gasteiger partial charge in [0.25, 0.3) is 0 Å². The highest BCUT2D eigenvalue weighted by Gasteiger charge is 2.43. The molecule has 6 nitrogen and oxygen atoms in total. The van der Waals surface area contributed by atoms with Crippen LogP contribution in [0.25, 0.3) is 5.65 Å².